The number of hydrogen-bond acceptors (Lipinski definition) is 6. The van der Waals surface area contributed by atoms with Crippen molar-refractivity contribution in [3.8, 4) is 11.5 Å². The van der Waals surface area contributed by atoms with Crippen LogP contribution < -0.4 is 14.8 Å². The fourth-order valence-corrected chi connectivity index (χ4v) is 3.12. The lowest BCUT2D eigenvalue weighted by Gasteiger charge is -2.33. The van der Waals surface area contributed by atoms with Crippen LogP contribution in [0.1, 0.15) is 10.6 Å². The van der Waals surface area contributed by atoms with Gasteiger partial charge in [0, 0.05) is 37.9 Å². The summed E-state index contributed by atoms with van der Waals surface area (Å²) in [6.07, 6.45) is 1.44. The van der Waals surface area contributed by atoms with E-state index in [-0.39, 0.29) is 24.8 Å². The first-order chi connectivity index (χ1) is 13.6. The van der Waals surface area contributed by atoms with Crippen LogP contribution in [0.2, 0.25) is 0 Å². The Morgan fingerprint density at radius 1 is 0.893 bits per heavy atom. The lowest BCUT2D eigenvalue weighted by molar-refractivity contribution is -0.144. The molecule has 0 saturated carbocycles. The third kappa shape index (κ3) is 3.64. The number of carbonyl (C=O) groups is 3. The average molecular weight is 385 g/mol. The average Bonchev–Trinajstić information content (AvgIpc) is 3.27. The van der Waals surface area contributed by atoms with Crippen LogP contribution in [-0.4, -0.2) is 66.9 Å². The van der Waals surface area contributed by atoms with Crippen LogP contribution >= 0.6 is 0 Å². The molecule has 2 aliphatic heterocycles. The minimum absolute atomic E-state index is 0.224. The maximum absolute atomic E-state index is 12.4. The number of rotatable bonds is 2. The number of nitrogens with zero attached hydrogens (tertiary/aromatic N) is 2. The predicted octanol–water partition coefficient (Wildman–Crippen LogP) is 0.974. The molecule has 1 N–H and O–H groups in total. The number of amides is 3. The molecule has 1 aromatic carbocycles. The van der Waals surface area contributed by atoms with Gasteiger partial charge < -0.3 is 29.0 Å². The summed E-state index contributed by atoms with van der Waals surface area (Å²) in [7, 11) is 0. The van der Waals surface area contributed by atoms with Crippen LogP contribution in [0, 0.1) is 0 Å². The Labute approximate surface area is 160 Å². The number of piperazine rings is 1. The normalized spacial score (nSPS) is 15.9. The monoisotopic (exact) mass is 385 g/mol. The highest BCUT2D eigenvalue weighted by Gasteiger charge is 2.29. The lowest BCUT2D eigenvalue weighted by Crippen LogP contribution is -2.52. The molecule has 2 aliphatic rings. The van der Waals surface area contributed by atoms with Gasteiger partial charge in [0.2, 0.25) is 0 Å². The lowest BCUT2D eigenvalue weighted by atomic mass is 10.2. The SMILES string of the molecule is O=C(Nc1ccc2c(c1)OCCO2)C(=O)N1CCN(C(=O)c2ccco2)CC1. The summed E-state index contributed by atoms with van der Waals surface area (Å²) < 4.78 is 16.0. The van der Waals surface area contributed by atoms with E-state index in [0.29, 0.717) is 43.5 Å². The molecule has 3 amide bonds. The van der Waals surface area contributed by atoms with Crippen molar-refractivity contribution >= 4 is 23.4 Å². The standard InChI is InChI=1S/C19H19N3O6/c23-17(20-13-3-4-14-16(12-13)28-11-10-27-14)19(25)22-7-5-21(6-8-22)18(24)15-2-1-9-26-15/h1-4,9,12H,5-8,10-11H2,(H,20,23). The molecule has 0 spiro atoms. The van der Waals surface area contributed by atoms with Gasteiger partial charge in [-0.25, -0.2) is 0 Å². The summed E-state index contributed by atoms with van der Waals surface area (Å²) in [5.74, 6) is -0.203. The number of anilines is 1. The van der Waals surface area contributed by atoms with E-state index >= 15 is 0 Å². The molecule has 2 aromatic rings. The Kier molecular flexibility index (Phi) is 4.88. The minimum atomic E-state index is -0.734. The zero-order valence-corrected chi connectivity index (χ0v) is 15.1. The summed E-state index contributed by atoms with van der Waals surface area (Å²) in [4.78, 5) is 40.0. The summed E-state index contributed by atoms with van der Waals surface area (Å²) >= 11 is 0. The molecule has 3 heterocycles. The van der Waals surface area contributed by atoms with E-state index in [4.69, 9.17) is 13.9 Å². The van der Waals surface area contributed by atoms with Crippen LogP contribution in [0.3, 0.4) is 0 Å². The molecule has 0 aliphatic carbocycles. The predicted molar refractivity (Wildman–Crippen MR) is 97.3 cm³/mol. The topological polar surface area (TPSA) is 101 Å². The highest BCUT2D eigenvalue weighted by atomic mass is 16.6. The Balaban J connectivity index is 1.32. The molecule has 4 rings (SSSR count). The highest BCUT2D eigenvalue weighted by molar-refractivity contribution is 6.39. The first-order valence-corrected chi connectivity index (χ1v) is 8.94. The number of fused-ring (bicyclic) bond motifs is 1. The Morgan fingerprint density at radius 3 is 2.32 bits per heavy atom. The van der Waals surface area contributed by atoms with E-state index in [1.165, 1.54) is 11.2 Å². The summed E-state index contributed by atoms with van der Waals surface area (Å²) in [5, 5.41) is 2.58. The van der Waals surface area contributed by atoms with Crippen LogP contribution in [0.5, 0.6) is 11.5 Å². The first-order valence-electron chi connectivity index (χ1n) is 8.94. The maximum atomic E-state index is 12.4. The summed E-state index contributed by atoms with van der Waals surface area (Å²) in [6.45, 7) is 2.14. The molecule has 9 nitrogen and oxygen atoms in total. The van der Waals surface area contributed by atoms with Crippen molar-refractivity contribution in [1.82, 2.24) is 9.80 Å². The van der Waals surface area contributed by atoms with Crippen molar-refractivity contribution in [3.63, 3.8) is 0 Å². The number of ether oxygens (including phenoxy) is 2. The second-order valence-corrected chi connectivity index (χ2v) is 6.37. The van der Waals surface area contributed by atoms with Crippen molar-refractivity contribution in [1.29, 1.82) is 0 Å². The van der Waals surface area contributed by atoms with Crippen LogP contribution in [-0.2, 0) is 9.59 Å². The molecule has 9 heteroatoms. The zero-order chi connectivity index (χ0) is 19.5. The van der Waals surface area contributed by atoms with E-state index in [1.54, 1.807) is 35.2 Å². The van der Waals surface area contributed by atoms with Crippen molar-refractivity contribution in [2.45, 2.75) is 0 Å². The first kappa shape index (κ1) is 17.9. The number of nitrogens with one attached hydrogen (secondary N) is 1. The number of benzene rings is 1. The molecular weight excluding hydrogens is 366 g/mol. The van der Waals surface area contributed by atoms with Crippen molar-refractivity contribution in [2.24, 2.45) is 0 Å². The van der Waals surface area contributed by atoms with E-state index in [0.717, 1.165) is 0 Å². The van der Waals surface area contributed by atoms with Gasteiger partial charge in [0.15, 0.2) is 17.3 Å². The minimum Gasteiger partial charge on any atom is -0.486 e. The van der Waals surface area contributed by atoms with Gasteiger partial charge in [-0.05, 0) is 24.3 Å². The zero-order valence-electron chi connectivity index (χ0n) is 15.1. The number of carbonyl (C=O) groups excluding carboxylic acids is 3. The second-order valence-electron chi connectivity index (χ2n) is 6.37. The fourth-order valence-electron chi connectivity index (χ4n) is 3.12. The summed E-state index contributed by atoms with van der Waals surface area (Å²) in [5.41, 5.74) is 0.453. The molecule has 1 fully saturated rings. The third-order valence-corrected chi connectivity index (χ3v) is 4.58. The van der Waals surface area contributed by atoms with E-state index in [2.05, 4.69) is 5.32 Å². The second kappa shape index (κ2) is 7.63. The Morgan fingerprint density at radius 2 is 1.61 bits per heavy atom. The van der Waals surface area contributed by atoms with Gasteiger partial charge in [0.25, 0.3) is 5.91 Å². The smallest absolute Gasteiger partial charge is 0.313 e. The Hall–Kier alpha value is -3.49. The maximum Gasteiger partial charge on any atom is 0.313 e. The van der Waals surface area contributed by atoms with Gasteiger partial charge in [-0.15, -0.1) is 0 Å². The molecule has 0 unspecified atom stereocenters. The van der Waals surface area contributed by atoms with E-state index < -0.39 is 11.8 Å². The fraction of sp³-hybridized carbons (Fsp3) is 0.316. The van der Waals surface area contributed by atoms with Gasteiger partial charge in [-0.1, -0.05) is 0 Å². The molecule has 0 atom stereocenters. The van der Waals surface area contributed by atoms with E-state index in [1.807, 2.05) is 0 Å². The van der Waals surface area contributed by atoms with Gasteiger partial charge in [0.05, 0.1) is 6.26 Å². The highest BCUT2D eigenvalue weighted by Crippen LogP contribution is 2.32. The number of hydrogen-bond donors (Lipinski definition) is 1. The molecule has 0 radical (unpaired) electrons. The van der Waals surface area contributed by atoms with Crippen molar-refractivity contribution in [3.05, 3.63) is 42.4 Å². The molecule has 1 saturated heterocycles. The Bertz CT molecular complexity index is 887. The largest absolute Gasteiger partial charge is 0.486 e. The van der Waals surface area contributed by atoms with Gasteiger partial charge in [-0.2, -0.15) is 0 Å². The van der Waals surface area contributed by atoms with E-state index in [9.17, 15) is 14.4 Å². The number of furan rings is 1. The van der Waals surface area contributed by atoms with Gasteiger partial charge in [0.1, 0.15) is 13.2 Å². The van der Waals surface area contributed by atoms with Crippen molar-refractivity contribution < 1.29 is 28.3 Å². The summed E-state index contributed by atoms with van der Waals surface area (Å²) in [6, 6.07) is 8.21. The van der Waals surface area contributed by atoms with Crippen LogP contribution in [0.15, 0.2) is 41.0 Å². The molecular formula is C19H19N3O6. The van der Waals surface area contributed by atoms with Crippen molar-refractivity contribution in [2.75, 3.05) is 44.7 Å². The molecule has 28 heavy (non-hydrogen) atoms. The van der Waals surface area contributed by atoms with Gasteiger partial charge in [-0.3, -0.25) is 14.4 Å². The van der Waals surface area contributed by atoms with Crippen LogP contribution in [0.4, 0.5) is 5.69 Å². The molecule has 0 bridgehead atoms. The quantitative estimate of drug-likeness (QED) is 0.773. The van der Waals surface area contributed by atoms with Crippen LogP contribution in [0.25, 0.3) is 0 Å². The van der Waals surface area contributed by atoms with Gasteiger partial charge >= 0.3 is 11.8 Å². The molecule has 1 aromatic heterocycles. The molecule has 146 valence electrons. The third-order valence-electron chi connectivity index (χ3n) is 4.58.